The van der Waals surface area contributed by atoms with Crippen molar-refractivity contribution in [1.82, 2.24) is 0 Å². The molecule has 1 aromatic rings. The third-order valence-electron chi connectivity index (χ3n) is 2.12. The average Bonchev–Trinajstić information content (AvgIpc) is 2.15. The summed E-state index contributed by atoms with van der Waals surface area (Å²) in [7, 11) is 0. The molecule has 0 aliphatic heterocycles. The van der Waals surface area contributed by atoms with Crippen LogP contribution in [0.4, 0.5) is 0 Å². The summed E-state index contributed by atoms with van der Waals surface area (Å²) in [4.78, 5) is 0. The molecule has 0 N–H and O–H groups in total. The molecule has 0 fully saturated rings. The topological polar surface area (TPSA) is 9.23 Å². The molecule has 1 rings (SSSR count). The molecule has 16 heavy (non-hydrogen) atoms. The minimum Gasteiger partial charge on any atom is -0.147 e. The van der Waals surface area contributed by atoms with Gasteiger partial charge in [0.2, 0.25) is 0 Å². The van der Waals surface area contributed by atoms with Crippen LogP contribution in [0, 0.1) is 0 Å². The number of hydrogen-bond donors (Lipinski definition) is 0. The largest absolute Gasteiger partial charge is 0.147 e. The standard InChI is InChI=1S/C6H6O.2C3H7.2ClH.Ti/c7-6-4-2-1-3-5-6;2*1-3-2;;;/h1-5,7H;2*3H,1-2H3;2*1H;/q;;;;;+1/p-1. The van der Waals surface area contributed by atoms with Gasteiger partial charge in [0.05, 0.1) is 0 Å². The summed E-state index contributed by atoms with van der Waals surface area (Å²) < 4.78 is 7.54. The molecular formula is C12H21Cl2OTi. The van der Waals surface area contributed by atoms with Crippen molar-refractivity contribution >= 4 is 24.8 Å². The predicted octanol–water partition coefficient (Wildman–Crippen LogP) is 5.10. The fourth-order valence-corrected chi connectivity index (χ4v) is 4.98. The molecule has 93 valence electrons. The number of rotatable bonds is 4. The first-order chi connectivity index (χ1) is 6.61. The fraction of sp³-hybridized carbons (Fsp3) is 0.500. The van der Waals surface area contributed by atoms with E-state index in [2.05, 4.69) is 39.8 Å². The molecule has 4 heteroatoms. The summed E-state index contributed by atoms with van der Waals surface area (Å²) in [6.07, 6.45) is 0. The first kappa shape index (κ1) is 18.7. The maximum atomic E-state index is 6.10. The van der Waals surface area contributed by atoms with Gasteiger partial charge in [-0.15, -0.1) is 24.8 Å². The summed E-state index contributed by atoms with van der Waals surface area (Å²) in [6, 6.07) is 10.2. The molecular weight excluding hydrogens is 279 g/mol. The second-order valence-electron chi connectivity index (χ2n) is 4.13. The molecule has 0 saturated heterocycles. The molecule has 0 unspecified atom stereocenters. The van der Waals surface area contributed by atoms with E-state index >= 15 is 0 Å². The Morgan fingerprint density at radius 1 is 0.875 bits per heavy atom. The predicted molar refractivity (Wildman–Crippen MR) is 71.8 cm³/mol. The molecule has 0 aliphatic carbocycles. The van der Waals surface area contributed by atoms with Crippen molar-refractivity contribution in [3.63, 3.8) is 0 Å². The SMILES string of the molecule is C[CH](C)[Ti]([O]c1ccccc1)[CH](C)C.Cl.Cl. The minimum absolute atomic E-state index is 0. The first-order valence-corrected chi connectivity index (χ1v) is 7.65. The summed E-state index contributed by atoms with van der Waals surface area (Å²) in [5.41, 5.74) is 0. The van der Waals surface area contributed by atoms with Crippen molar-refractivity contribution < 1.29 is 21.6 Å². The normalized spacial score (nSPS) is 9.38. The number of halogens is 2. The van der Waals surface area contributed by atoms with Crippen LogP contribution < -0.4 is 3.32 Å². The second-order valence-corrected chi connectivity index (χ2v) is 9.31. The first-order valence-electron chi connectivity index (χ1n) is 5.21. The quantitative estimate of drug-likeness (QED) is 0.703. The van der Waals surface area contributed by atoms with E-state index in [-0.39, 0.29) is 24.8 Å². The Hall–Kier alpha value is 0.314. The van der Waals surface area contributed by atoms with Crippen LogP contribution in [-0.2, 0) is 18.3 Å². The maximum absolute atomic E-state index is 6.10. The van der Waals surface area contributed by atoms with Crippen molar-refractivity contribution in [1.29, 1.82) is 0 Å². The van der Waals surface area contributed by atoms with E-state index in [9.17, 15) is 0 Å². The van der Waals surface area contributed by atoms with Gasteiger partial charge in [0.15, 0.2) is 0 Å². The van der Waals surface area contributed by atoms with E-state index in [0.29, 0.717) is 0 Å². The zero-order valence-electron chi connectivity index (χ0n) is 10.3. The van der Waals surface area contributed by atoms with E-state index in [4.69, 9.17) is 3.32 Å². The zero-order chi connectivity index (χ0) is 10.6. The molecule has 0 spiro atoms. The molecule has 0 aliphatic rings. The smallest absolute Gasteiger partial charge is 0.147 e. The van der Waals surface area contributed by atoms with Gasteiger partial charge in [-0.2, -0.15) is 0 Å². The van der Waals surface area contributed by atoms with E-state index in [0.717, 1.165) is 14.2 Å². The summed E-state index contributed by atoms with van der Waals surface area (Å²) >= 11 is -1.39. The molecule has 1 aromatic carbocycles. The van der Waals surface area contributed by atoms with Gasteiger partial charge >= 0.3 is 93.8 Å². The van der Waals surface area contributed by atoms with Gasteiger partial charge in [-0.05, 0) is 0 Å². The van der Waals surface area contributed by atoms with Gasteiger partial charge in [0.1, 0.15) is 0 Å². The van der Waals surface area contributed by atoms with E-state index in [1.165, 1.54) is 0 Å². The fourth-order valence-electron chi connectivity index (χ4n) is 1.53. The van der Waals surface area contributed by atoms with Crippen LogP contribution in [0.15, 0.2) is 30.3 Å². The average molecular weight is 300 g/mol. The number of para-hydroxylation sites is 1. The Labute approximate surface area is 118 Å². The molecule has 0 radical (unpaired) electrons. The maximum Gasteiger partial charge on any atom is -0.147 e. The molecule has 0 bridgehead atoms. The molecule has 1 nitrogen and oxygen atoms in total. The van der Waals surface area contributed by atoms with Crippen molar-refractivity contribution in [2.45, 2.75) is 36.1 Å². The molecule has 0 atom stereocenters. The van der Waals surface area contributed by atoms with Crippen LogP contribution in [0.2, 0.25) is 8.45 Å². The van der Waals surface area contributed by atoms with E-state index < -0.39 is 18.3 Å². The van der Waals surface area contributed by atoms with Crippen LogP contribution in [0.5, 0.6) is 5.75 Å². The summed E-state index contributed by atoms with van der Waals surface area (Å²) in [5, 5.41) is 0. The molecule has 0 amide bonds. The van der Waals surface area contributed by atoms with Gasteiger partial charge in [-0.25, -0.2) is 0 Å². The van der Waals surface area contributed by atoms with Crippen molar-refractivity contribution in [2.24, 2.45) is 0 Å². The second kappa shape index (κ2) is 9.36. The third kappa shape index (κ3) is 6.15. The molecule has 0 aromatic heterocycles. The minimum atomic E-state index is -1.39. The monoisotopic (exact) mass is 299 g/mol. The van der Waals surface area contributed by atoms with Crippen LogP contribution in [0.25, 0.3) is 0 Å². The van der Waals surface area contributed by atoms with Crippen LogP contribution in [0.1, 0.15) is 27.7 Å². The Balaban J connectivity index is 0. The van der Waals surface area contributed by atoms with Crippen molar-refractivity contribution in [3.05, 3.63) is 30.3 Å². The van der Waals surface area contributed by atoms with Crippen LogP contribution in [-0.4, -0.2) is 0 Å². The number of hydrogen-bond acceptors (Lipinski definition) is 1. The van der Waals surface area contributed by atoms with Crippen LogP contribution >= 0.6 is 24.8 Å². The van der Waals surface area contributed by atoms with E-state index in [1.807, 2.05) is 18.2 Å². The molecule has 0 heterocycles. The Morgan fingerprint density at radius 3 is 1.69 bits per heavy atom. The number of benzene rings is 1. The van der Waals surface area contributed by atoms with Gasteiger partial charge in [0, 0.05) is 0 Å². The van der Waals surface area contributed by atoms with Gasteiger partial charge < -0.3 is 0 Å². The summed E-state index contributed by atoms with van der Waals surface area (Å²) in [5.74, 6) is 1.05. The third-order valence-corrected chi connectivity index (χ3v) is 6.41. The van der Waals surface area contributed by atoms with Crippen molar-refractivity contribution in [3.8, 4) is 5.75 Å². The zero-order valence-corrected chi connectivity index (χ0v) is 13.5. The van der Waals surface area contributed by atoms with Crippen molar-refractivity contribution in [2.75, 3.05) is 0 Å². The Morgan fingerprint density at radius 2 is 1.31 bits per heavy atom. The molecule has 0 saturated carbocycles. The van der Waals surface area contributed by atoms with Crippen LogP contribution in [0.3, 0.4) is 0 Å². The summed E-state index contributed by atoms with van der Waals surface area (Å²) in [6.45, 7) is 9.10. The Bertz CT molecular complexity index is 257. The van der Waals surface area contributed by atoms with Gasteiger partial charge in [0.25, 0.3) is 0 Å². The Kier molecular flexibility index (Phi) is 10.9. The van der Waals surface area contributed by atoms with Gasteiger partial charge in [-0.3, -0.25) is 0 Å². The van der Waals surface area contributed by atoms with E-state index in [1.54, 1.807) is 0 Å². The van der Waals surface area contributed by atoms with Gasteiger partial charge in [-0.1, -0.05) is 0 Å².